The standard InChI is InChI=1S/C14H20F2O7S/c15-14(16,24(19,20)21)8-22-11(17)6-23-13-4-9-1-10(5-13)3-12(18,2-9)7-13/h9-10,18H,1-8H2,(H,19,20,21). The van der Waals surface area contributed by atoms with Crippen LogP contribution < -0.4 is 0 Å². The molecule has 4 saturated carbocycles. The van der Waals surface area contributed by atoms with E-state index >= 15 is 0 Å². The molecule has 7 nitrogen and oxygen atoms in total. The quantitative estimate of drug-likeness (QED) is 0.532. The predicted molar refractivity (Wildman–Crippen MR) is 75.8 cm³/mol. The summed E-state index contributed by atoms with van der Waals surface area (Å²) in [6.45, 7) is -2.37. The third-order valence-corrected chi connectivity index (χ3v) is 6.12. The lowest BCUT2D eigenvalue weighted by Crippen LogP contribution is -2.60. The van der Waals surface area contributed by atoms with Crippen LogP contribution in [0, 0.1) is 11.8 Å². The van der Waals surface area contributed by atoms with Crippen LogP contribution in [0.1, 0.15) is 38.5 Å². The van der Waals surface area contributed by atoms with Crippen LogP contribution in [0.2, 0.25) is 0 Å². The van der Waals surface area contributed by atoms with E-state index in [1.165, 1.54) is 0 Å². The zero-order valence-corrected chi connectivity index (χ0v) is 13.7. The molecule has 0 heterocycles. The summed E-state index contributed by atoms with van der Waals surface area (Å²) in [5.41, 5.74) is -1.44. The highest BCUT2D eigenvalue weighted by molar-refractivity contribution is 7.86. The van der Waals surface area contributed by atoms with Crippen LogP contribution in [0.25, 0.3) is 0 Å². The second-order valence-corrected chi connectivity index (χ2v) is 8.98. The van der Waals surface area contributed by atoms with Crippen molar-refractivity contribution in [3.63, 3.8) is 0 Å². The first-order chi connectivity index (χ1) is 10.9. The van der Waals surface area contributed by atoms with Crippen molar-refractivity contribution in [2.45, 2.75) is 55.0 Å². The zero-order valence-electron chi connectivity index (χ0n) is 12.9. The molecule has 4 fully saturated rings. The minimum absolute atomic E-state index is 0.330. The molecule has 4 rings (SSSR count). The largest absolute Gasteiger partial charge is 0.456 e. The normalized spacial score (nSPS) is 38.3. The Kier molecular flexibility index (Phi) is 4.18. The van der Waals surface area contributed by atoms with Crippen molar-refractivity contribution >= 4 is 16.1 Å². The summed E-state index contributed by atoms with van der Waals surface area (Å²) in [4.78, 5) is 11.6. The lowest BCUT2D eigenvalue weighted by molar-refractivity contribution is -0.223. The summed E-state index contributed by atoms with van der Waals surface area (Å²) >= 11 is 0. The number of halogens is 2. The van der Waals surface area contributed by atoms with E-state index < -0.39 is 45.8 Å². The van der Waals surface area contributed by atoms with Gasteiger partial charge in [-0.05, 0) is 43.9 Å². The van der Waals surface area contributed by atoms with Crippen LogP contribution in [-0.4, -0.2) is 53.7 Å². The molecule has 4 aliphatic carbocycles. The Labute approximate surface area is 138 Å². The van der Waals surface area contributed by atoms with Gasteiger partial charge in [-0.1, -0.05) is 0 Å². The maximum absolute atomic E-state index is 13.0. The number of carbonyl (C=O) groups is 1. The molecule has 4 aliphatic rings. The molecule has 0 spiro atoms. The first kappa shape index (κ1) is 18.0. The van der Waals surface area contributed by atoms with Gasteiger partial charge in [0.15, 0.2) is 6.61 Å². The van der Waals surface area contributed by atoms with Gasteiger partial charge in [0.05, 0.1) is 11.2 Å². The molecule has 0 aromatic rings. The fraction of sp³-hybridized carbons (Fsp3) is 0.929. The van der Waals surface area contributed by atoms with Gasteiger partial charge in [-0.3, -0.25) is 4.55 Å². The highest BCUT2D eigenvalue weighted by atomic mass is 32.2. The van der Waals surface area contributed by atoms with E-state index in [4.69, 9.17) is 9.29 Å². The van der Waals surface area contributed by atoms with Crippen molar-refractivity contribution in [2.75, 3.05) is 13.2 Å². The Hall–Kier alpha value is -0.840. The molecular weight excluding hydrogens is 350 g/mol. The molecule has 4 bridgehead atoms. The monoisotopic (exact) mass is 370 g/mol. The Bertz CT molecular complexity index is 619. The topological polar surface area (TPSA) is 110 Å². The Morgan fingerprint density at radius 3 is 2.29 bits per heavy atom. The van der Waals surface area contributed by atoms with Crippen LogP contribution in [-0.2, 0) is 24.4 Å². The second-order valence-electron chi connectivity index (χ2n) is 7.43. The smallest absolute Gasteiger partial charge is 0.402 e. The average Bonchev–Trinajstić information content (AvgIpc) is 2.39. The van der Waals surface area contributed by atoms with Gasteiger partial charge in [-0.15, -0.1) is 0 Å². The number of rotatable bonds is 6. The van der Waals surface area contributed by atoms with Gasteiger partial charge in [0, 0.05) is 6.42 Å². The zero-order chi connectivity index (χ0) is 17.8. The van der Waals surface area contributed by atoms with Crippen molar-refractivity contribution < 1.29 is 41.1 Å². The van der Waals surface area contributed by atoms with Gasteiger partial charge >= 0.3 is 21.3 Å². The molecule has 0 aromatic carbocycles. The van der Waals surface area contributed by atoms with Crippen molar-refractivity contribution in [1.82, 2.24) is 0 Å². The van der Waals surface area contributed by atoms with Crippen LogP contribution in [0.5, 0.6) is 0 Å². The van der Waals surface area contributed by atoms with Crippen LogP contribution in [0.4, 0.5) is 8.78 Å². The summed E-state index contributed by atoms with van der Waals surface area (Å²) in [7, 11) is -5.64. The molecule has 2 atom stereocenters. The number of esters is 1. The van der Waals surface area contributed by atoms with Gasteiger partial charge < -0.3 is 14.6 Å². The number of hydrogen-bond acceptors (Lipinski definition) is 6. The Balaban J connectivity index is 1.54. The summed E-state index contributed by atoms with van der Waals surface area (Å²) in [6.07, 6.45) is 4.29. The van der Waals surface area contributed by atoms with Crippen molar-refractivity contribution in [3.05, 3.63) is 0 Å². The van der Waals surface area contributed by atoms with E-state index in [1.807, 2.05) is 0 Å². The number of alkyl halides is 2. The number of hydrogen-bond donors (Lipinski definition) is 2. The molecule has 0 aliphatic heterocycles. The summed E-state index contributed by atoms with van der Waals surface area (Å²) in [5.74, 6) is -0.478. The van der Waals surface area contributed by atoms with Gasteiger partial charge in [0.25, 0.3) is 0 Å². The van der Waals surface area contributed by atoms with E-state index in [-0.39, 0.29) is 0 Å². The maximum atomic E-state index is 13.0. The van der Waals surface area contributed by atoms with Gasteiger partial charge in [0.2, 0.25) is 0 Å². The second kappa shape index (κ2) is 5.58. The fourth-order valence-corrected chi connectivity index (χ4v) is 5.00. The number of aliphatic hydroxyl groups is 1. The number of ether oxygens (including phenoxy) is 2. The minimum Gasteiger partial charge on any atom is -0.456 e. The minimum atomic E-state index is -5.64. The first-order valence-corrected chi connectivity index (χ1v) is 9.23. The van der Waals surface area contributed by atoms with Crippen LogP contribution in [0.15, 0.2) is 0 Å². The lowest BCUT2D eigenvalue weighted by atomic mass is 9.52. The molecule has 0 amide bonds. The maximum Gasteiger partial charge on any atom is 0.402 e. The molecule has 138 valence electrons. The highest BCUT2D eigenvalue weighted by Gasteiger charge is 2.58. The van der Waals surface area contributed by atoms with E-state index in [2.05, 4.69) is 4.74 Å². The summed E-state index contributed by atoms with van der Waals surface area (Å²) in [5, 5.41) is 5.99. The molecule has 0 aromatic heterocycles. The van der Waals surface area contributed by atoms with E-state index in [0.717, 1.165) is 19.3 Å². The molecule has 0 radical (unpaired) electrons. The Morgan fingerprint density at radius 2 is 1.79 bits per heavy atom. The molecule has 10 heteroatoms. The third-order valence-electron chi connectivity index (χ3n) is 5.25. The number of carbonyl (C=O) groups excluding carboxylic acids is 1. The summed E-state index contributed by atoms with van der Waals surface area (Å²) < 4.78 is 65.1. The van der Waals surface area contributed by atoms with Crippen LogP contribution >= 0.6 is 0 Å². The summed E-state index contributed by atoms with van der Waals surface area (Å²) in [6, 6.07) is 0. The van der Waals surface area contributed by atoms with Gasteiger partial charge in [-0.25, -0.2) is 4.79 Å². The van der Waals surface area contributed by atoms with Gasteiger partial charge in [-0.2, -0.15) is 17.2 Å². The average molecular weight is 370 g/mol. The predicted octanol–water partition coefficient (Wildman–Crippen LogP) is 1.11. The van der Waals surface area contributed by atoms with E-state index in [1.54, 1.807) is 0 Å². The Morgan fingerprint density at radius 1 is 1.21 bits per heavy atom. The fourth-order valence-electron chi connectivity index (χ4n) is 4.79. The molecule has 0 saturated heterocycles. The van der Waals surface area contributed by atoms with Gasteiger partial charge in [0.1, 0.15) is 6.61 Å². The van der Waals surface area contributed by atoms with Crippen molar-refractivity contribution in [2.24, 2.45) is 11.8 Å². The van der Waals surface area contributed by atoms with E-state index in [9.17, 15) is 27.1 Å². The molecular formula is C14H20F2O7S. The third kappa shape index (κ3) is 3.42. The lowest BCUT2D eigenvalue weighted by Gasteiger charge is -2.59. The van der Waals surface area contributed by atoms with Crippen molar-refractivity contribution in [1.29, 1.82) is 0 Å². The highest BCUT2D eigenvalue weighted by Crippen LogP contribution is 2.58. The molecule has 24 heavy (non-hydrogen) atoms. The molecule has 2 N–H and O–H groups in total. The SMILES string of the molecule is O=C(COC12CC3CC(CC(O)(C3)C1)C2)OCC(F)(F)S(=O)(=O)O. The van der Waals surface area contributed by atoms with Crippen LogP contribution in [0.3, 0.4) is 0 Å². The first-order valence-electron chi connectivity index (χ1n) is 7.79. The molecule has 2 unspecified atom stereocenters. The van der Waals surface area contributed by atoms with Crippen molar-refractivity contribution in [3.8, 4) is 0 Å². The van der Waals surface area contributed by atoms with E-state index in [0.29, 0.717) is 31.1 Å².